The van der Waals surface area contributed by atoms with Crippen molar-refractivity contribution in [2.45, 2.75) is 38.2 Å². The molecule has 1 saturated heterocycles. The molecule has 22 heavy (non-hydrogen) atoms. The Bertz CT molecular complexity index is 553. The quantitative estimate of drug-likeness (QED) is 0.920. The normalized spacial score (nSPS) is 21.4. The maximum absolute atomic E-state index is 12.3. The van der Waals surface area contributed by atoms with Crippen LogP contribution < -0.4 is 10.2 Å². The third-order valence-corrected chi connectivity index (χ3v) is 4.27. The minimum Gasteiger partial charge on any atom is -0.376 e. The second kappa shape index (κ2) is 6.92. The predicted molar refractivity (Wildman–Crippen MR) is 83.7 cm³/mol. The highest BCUT2D eigenvalue weighted by Crippen LogP contribution is 2.26. The number of nitrogens with one attached hydrogen (secondary N) is 1. The fourth-order valence-electron chi connectivity index (χ4n) is 3.09. The predicted octanol–water partition coefficient (Wildman–Crippen LogP) is 1.65. The molecular weight excluding hydrogens is 280 g/mol. The molecule has 0 saturated carbocycles. The summed E-state index contributed by atoms with van der Waals surface area (Å²) in [5.41, 5.74) is 2.01. The molecule has 0 bridgehead atoms. The Morgan fingerprint density at radius 3 is 2.95 bits per heavy atom. The zero-order chi connectivity index (χ0) is 15.4. The van der Waals surface area contributed by atoms with Crippen LogP contribution in [-0.4, -0.2) is 37.6 Å². The van der Waals surface area contributed by atoms with Gasteiger partial charge in [-0.25, -0.2) is 0 Å². The largest absolute Gasteiger partial charge is 0.376 e. The number of anilines is 1. The van der Waals surface area contributed by atoms with Crippen LogP contribution in [0.5, 0.6) is 0 Å². The molecule has 2 amide bonds. The number of ether oxygens (including phenoxy) is 1. The third-order valence-electron chi connectivity index (χ3n) is 4.27. The van der Waals surface area contributed by atoms with Crippen molar-refractivity contribution in [3.63, 3.8) is 0 Å². The van der Waals surface area contributed by atoms with E-state index < -0.39 is 0 Å². The lowest BCUT2D eigenvalue weighted by molar-refractivity contribution is -0.124. The molecule has 1 unspecified atom stereocenters. The van der Waals surface area contributed by atoms with Crippen LogP contribution >= 0.6 is 0 Å². The van der Waals surface area contributed by atoms with Gasteiger partial charge in [-0.05, 0) is 37.3 Å². The zero-order valence-corrected chi connectivity index (χ0v) is 12.7. The maximum Gasteiger partial charge on any atom is 0.240 e. The first kappa shape index (κ1) is 15.0. The summed E-state index contributed by atoms with van der Waals surface area (Å²) in [6.45, 7) is 1.39. The zero-order valence-electron chi connectivity index (χ0n) is 12.7. The first-order chi connectivity index (χ1) is 10.7. The van der Waals surface area contributed by atoms with E-state index >= 15 is 0 Å². The summed E-state index contributed by atoms with van der Waals surface area (Å²) in [4.78, 5) is 26.1. The number of carbonyl (C=O) groups is 2. The molecular formula is C17H22N2O3. The molecule has 2 aliphatic rings. The standard InChI is InChI=1S/C17H22N2O3/c20-16(18-11-14-7-4-10-22-14)12-19-15-8-2-1-5-13(15)6-3-9-17(19)21/h1-2,5,8,14H,3-4,6-7,9-12H2,(H,18,20). The molecule has 0 spiro atoms. The van der Waals surface area contributed by atoms with Crippen LogP contribution in [0.2, 0.25) is 0 Å². The van der Waals surface area contributed by atoms with Gasteiger partial charge in [0.25, 0.3) is 0 Å². The second-order valence-electron chi connectivity index (χ2n) is 5.90. The van der Waals surface area contributed by atoms with Crippen LogP contribution in [0.25, 0.3) is 0 Å². The van der Waals surface area contributed by atoms with Gasteiger partial charge in [0.2, 0.25) is 11.8 Å². The molecule has 0 aliphatic carbocycles. The average molecular weight is 302 g/mol. The highest BCUT2D eigenvalue weighted by molar-refractivity contribution is 5.99. The number of nitrogens with zero attached hydrogens (tertiary/aromatic N) is 1. The minimum atomic E-state index is -0.124. The van der Waals surface area contributed by atoms with E-state index in [0.717, 1.165) is 43.5 Å². The summed E-state index contributed by atoms with van der Waals surface area (Å²) in [6.07, 6.45) is 4.38. The second-order valence-corrected chi connectivity index (χ2v) is 5.90. The maximum atomic E-state index is 12.3. The van der Waals surface area contributed by atoms with Crippen molar-refractivity contribution in [3.05, 3.63) is 29.8 Å². The van der Waals surface area contributed by atoms with E-state index in [0.29, 0.717) is 13.0 Å². The van der Waals surface area contributed by atoms with E-state index in [4.69, 9.17) is 4.74 Å². The summed E-state index contributed by atoms with van der Waals surface area (Å²) in [6, 6.07) is 7.84. The van der Waals surface area contributed by atoms with Gasteiger partial charge in [-0.15, -0.1) is 0 Å². The van der Waals surface area contributed by atoms with Crippen molar-refractivity contribution >= 4 is 17.5 Å². The summed E-state index contributed by atoms with van der Waals surface area (Å²) in [5, 5.41) is 2.89. The van der Waals surface area contributed by atoms with Gasteiger partial charge in [0.05, 0.1) is 6.10 Å². The Balaban J connectivity index is 1.64. The molecule has 2 heterocycles. The molecule has 1 aromatic rings. The van der Waals surface area contributed by atoms with E-state index in [1.807, 2.05) is 24.3 Å². The molecule has 0 radical (unpaired) electrons. The number of fused-ring (bicyclic) bond motifs is 1. The topological polar surface area (TPSA) is 58.6 Å². The highest BCUT2D eigenvalue weighted by atomic mass is 16.5. The number of rotatable bonds is 4. The molecule has 1 aromatic carbocycles. The van der Waals surface area contributed by atoms with Gasteiger partial charge in [0.1, 0.15) is 6.54 Å². The van der Waals surface area contributed by atoms with Crippen LogP contribution in [-0.2, 0) is 20.7 Å². The first-order valence-electron chi connectivity index (χ1n) is 8.00. The monoisotopic (exact) mass is 302 g/mol. The van der Waals surface area contributed by atoms with Gasteiger partial charge >= 0.3 is 0 Å². The summed E-state index contributed by atoms with van der Waals surface area (Å²) in [7, 11) is 0. The molecule has 0 aromatic heterocycles. The third kappa shape index (κ3) is 3.47. The van der Waals surface area contributed by atoms with Crippen LogP contribution in [0.1, 0.15) is 31.2 Å². The number of hydrogen-bond donors (Lipinski definition) is 1. The van der Waals surface area contributed by atoms with Crippen LogP contribution in [0, 0.1) is 0 Å². The number of benzene rings is 1. The van der Waals surface area contributed by atoms with Crippen LogP contribution in [0.4, 0.5) is 5.69 Å². The van der Waals surface area contributed by atoms with E-state index in [1.54, 1.807) is 4.90 Å². The Labute approximate surface area is 130 Å². The summed E-state index contributed by atoms with van der Waals surface area (Å²) in [5.74, 6) is -0.0993. The van der Waals surface area contributed by atoms with E-state index in [1.165, 1.54) is 0 Å². The van der Waals surface area contributed by atoms with Crippen molar-refractivity contribution in [1.82, 2.24) is 5.32 Å². The van der Waals surface area contributed by atoms with Crippen molar-refractivity contribution in [3.8, 4) is 0 Å². The Kier molecular flexibility index (Phi) is 4.73. The minimum absolute atomic E-state index is 0.0252. The van der Waals surface area contributed by atoms with Crippen molar-refractivity contribution in [1.29, 1.82) is 0 Å². The molecule has 1 atom stereocenters. The number of carbonyl (C=O) groups excluding carboxylic acids is 2. The fraction of sp³-hybridized carbons (Fsp3) is 0.529. The van der Waals surface area contributed by atoms with Gasteiger partial charge in [-0.2, -0.15) is 0 Å². The van der Waals surface area contributed by atoms with E-state index in [9.17, 15) is 9.59 Å². The van der Waals surface area contributed by atoms with Gasteiger partial charge in [-0.1, -0.05) is 18.2 Å². The van der Waals surface area contributed by atoms with Gasteiger partial charge < -0.3 is 15.0 Å². The van der Waals surface area contributed by atoms with Crippen molar-refractivity contribution < 1.29 is 14.3 Å². The fourth-order valence-corrected chi connectivity index (χ4v) is 3.09. The van der Waals surface area contributed by atoms with Crippen LogP contribution in [0.3, 0.4) is 0 Å². The summed E-state index contributed by atoms with van der Waals surface area (Å²) >= 11 is 0. The van der Waals surface area contributed by atoms with Gasteiger partial charge in [0, 0.05) is 25.3 Å². The molecule has 5 heteroatoms. The molecule has 5 nitrogen and oxygen atoms in total. The van der Waals surface area contributed by atoms with E-state index in [-0.39, 0.29) is 24.5 Å². The lowest BCUT2D eigenvalue weighted by Gasteiger charge is -2.23. The number of amides is 2. The van der Waals surface area contributed by atoms with Gasteiger partial charge in [-0.3, -0.25) is 9.59 Å². The Morgan fingerprint density at radius 1 is 1.27 bits per heavy atom. The molecule has 3 rings (SSSR count). The van der Waals surface area contributed by atoms with E-state index in [2.05, 4.69) is 5.32 Å². The highest BCUT2D eigenvalue weighted by Gasteiger charge is 2.24. The first-order valence-corrected chi connectivity index (χ1v) is 8.00. The SMILES string of the molecule is O=C(CN1C(=O)CCCc2ccccc21)NCC1CCCO1. The number of aryl methyl sites for hydroxylation is 1. The van der Waals surface area contributed by atoms with Crippen LogP contribution in [0.15, 0.2) is 24.3 Å². The molecule has 118 valence electrons. The van der Waals surface area contributed by atoms with Gasteiger partial charge in [0.15, 0.2) is 0 Å². The molecule has 1 N–H and O–H groups in total. The molecule has 2 aliphatic heterocycles. The lowest BCUT2D eigenvalue weighted by Crippen LogP contribution is -2.42. The Morgan fingerprint density at radius 2 is 2.14 bits per heavy atom. The lowest BCUT2D eigenvalue weighted by atomic mass is 10.1. The number of para-hydroxylation sites is 1. The van der Waals surface area contributed by atoms with Crippen molar-refractivity contribution in [2.24, 2.45) is 0 Å². The average Bonchev–Trinajstić information content (AvgIpc) is 2.99. The van der Waals surface area contributed by atoms with Crippen molar-refractivity contribution in [2.75, 3.05) is 24.6 Å². The Hall–Kier alpha value is -1.88. The number of hydrogen-bond acceptors (Lipinski definition) is 3. The summed E-state index contributed by atoms with van der Waals surface area (Å²) < 4.78 is 5.50. The smallest absolute Gasteiger partial charge is 0.240 e. The molecule has 1 fully saturated rings.